The van der Waals surface area contributed by atoms with Gasteiger partial charge in [-0.2, -0.15) is 0 Å². The maximum Gasteiger partial charge on any atom is 0.265 e. The summed E-state index contributed by atoms with van der Waals surface area (Å²) in [7, 11) is -3.84. The summed E-state index contributed by atoms with van der Waals surface area (Å²) in [6.07, 6.45) is 1.34. The summed E-state index contributed by atoms with van der Waals surface area (Å²) >= 11 is 6.77. The maximum atomic E-state index is 12.4. The smallest absolute Gasteiger partial charge is 0.265 e. The molecule has 0 fully saturated rings. The zero-order valence-electron chi connectivity index (χ0n) is 12.6. The first-order valence-corrected chi connectivity index (χ1v) is 9.77. The van der Waals surface area contributed by atoms with Crippen LogP contribution in [0.4, 0.5) is 11.5 Å². The minimum Gasteiger partial charge on any atom is -0.321 e. The first-order valence-electron chi connectivity index (χ1n) is 7.03. The molecular weight excluding hydrogens is 382 g/mol. The minimum atomic E-state index is -3.84. The zero-order valence-corrected chi connectivity index (χ0v) is 15.0. The molecular formula is C16H12ClN3O3S2. The molecule has 0 saturated carbocycles. The number of amides is 1. The van der Waals surface area contributed by atoms with Crippen LogP contribution in [0, 0.1) is 0 Å². The number of benzene rings is 1. The second-order valence-electron chi connectivity index (χ2n) is 4.93. The van der Waals surface area contributed by atoms with Crippen molar-refractivity contribution in [3.05, 3.63) is 70.0 Å². The van der Waals surface area contributed by atoms with Gasteiger partial charge in [0.2, 0.25) is 0 Å². The predicted octanol–water partition coefficient (Wildman–Crippen LogP) is 3.85. The number of halogens is 1. The predicted molar refractivity (Wildman–Crippen MR) is 98.8 cm³/mol. The van der Waals surface area contributed by atoms with Crippen LogP contribution >= 0.6 is 22.9 Å². The van der Waals surface area contributed by atoms with E-state index in [4.69, 9.17) is 11.6 Å². The van der Waals surface area contributed by atoms with Gasteiger partial charge in [-0.3, -0.25) is 9.52 Å². The molecule has 6 nitrogen and oxygen atoms in total. The molecule has 0 aliphatic rings. The standard InChI is InChI=1S/C16H12ClN3O3S2/c17-11-6-7-15(18-9-11)20-25(22,23)13-8-14(24-10-13)16(21)19-12-4-2-1-3-5-12/h1-10H,(H,18,20)(H,19,21). The van der Waals surface area contributed by atoms with Gasteiger partial charge in [0.05, 0.1) is 14.8 Å². The Kier molecular flexibility index (Phi) is 5.03. The molecule has 25 heavy (non-hydrogen) atoms. The van der Waals surface area contributed by atoms with Crippen LogP contribution in [0.1, 0.15) is 9.67 Å². The fraction of sp³-hybridized carbons (Fsp3) is 0. The molecule has 0 bridgehead atoms. The van der Waals surface area contributed by atoms with E-state index >= 15 is 0 Å². The molecule has 2 heterocycles. The van der Waals surface area contributed by atoms with Crippen LogP contribution in [0.2, 0.25) is 5.02 Å². The number of hydrogen-bond acceptors (Lipinski definition) is 5. The SMILES string of the molecule is O=C(Nc1ccccc1)c1cc(S(=O)(=O)Nc2ccc(Cl)cn2)cs1. The molecule has 0 radical (unpaired) electrons. The number of thiophene rings is 1. The van der Waals surface area contributed by atoms with Crippen molar-refractivity contribution in [3.63, 3.8) is 0 Å². The van der Waals surface area contributed by atoms with Gasteiger partial charge in [-0.1, -0.05) is 29.8 Å². The Bertz CT molecular complexity index is 987. The van der Waals surface area contributed by atoms with Crippen molar-refractivity contribution >= 4 is 50.4 Å². The van der Waals surface area contributed by atoms with Crippen LogP contribution in [0.15, 0.2) is 65.0 Å². The van der Waals surface area contributed by atoms with Crippen molar-refractivity contribution in [1.82, 2.24) is 4.98 Å². The molecule has 3 aromatic rings. The number of rotatable bonds is 5. The van der Waals surface area contributed by atoms with E-state index in [2.05, 4.69) is 15.0 Å². The fourth-order valence-electron chi connectivity index (χ4n) is 1.93. The number of anilines is 2. The van der Waals surface area contributed by atoms with Gasteiger partial charge in [0.1, 0.15) is 5.82 Å². The van der Waals surface area contributed by atoms with Crippen molar-refractivity contribution < 1.29 is 13.2 Å². The number of sulfonamides is 1. The van der Waals surface area contributed by atoms with Gasteiger partial charge in [0.25, 0.3) is 15.9 Å². The molecule has 0 saturated heterocycles. The van der Waals surface area contributed by atoms with E-state index in [0.29, 0.717) is 10.7 Å². The molecule has 2 aromatic heterocycles. The molecule has 0 unspecified atom stereocenters. The Hall–Kier alpha value is -2.42. The van der Waals surface area contributed by atoms with E-state index in [1.54, 1.807) is 24.3 Å². The number of carbonyl (C=O) groups is 1. The highest BCUT2D eigenvalue weighted by Gasteiger charge is 2.19. The van der Waals surface area contributed by atoms with Gasteiger partial charge in [-0.25, -0.2) is 13.4 Å². The molecule has 1 amide bonds. The number of carbonyl (C=O) groups excluding carboxylic acids is 1. The number of pyridine rings is 1. The van der Waals surface area contributed by atoms with E-state index in [1.165, 1.54) is 29.8 Å². The van der Waals surface area contributed by atoms with Crippen LogP contribution in [-0.4, -0.2) is 19.3 Å². The normalized spacial score (nSPS) is 11.1. The highest BCUT2D eigenvalue weighted by Crippen LogP contribution is 2.23. The van der Waals surface area contributed by atoms with Crippen LogP contribution in [-0.2, 0) is 10.0 Å². The Balaban J connectivity index is 1.75. The Labute approximate surface area is 153 Å². The van der Waals surface area contributed by atoms with Gasteiger partial charge >= 0.3 is 0 Å². The second kappa shape index (κ2) is 7.22. The largest absolute Gasteiger partial charge is 0.321 e. The fourth-order valence-corrected chi connectivity index (χ4v) is 4.21. The van der Waals surface area contributed by atoms with E-state index < -0.39 is 10.0 Å². The molecule has 1 aromatic carbocycles. The van der Waals surface area contributed by atoms with Crippen LogP contribution in [0.25, 0.3) is 0 Å². The van der Waals surface area contributed by atoms with Crippen molar-refractivity contribution in [1.29, 1.82) is 0 Å². The third-order valence-electron chi connectivity index (χ3n) is 3.11. The van der Waals surface area contributed by atoms with Crippen molar-refractivity contribution in [2.75, 3.05) is 10.0 Å². The molecule has 9 heteroatoms. The summed E-state index contributed by atoms with van der Waals surface area (Å²) in [6.45, 7) is 0. The first-order chi connectivity index (χ1) is 11.9. The zero-order chi connectivity index (χ0) is 17.9. The van der Waals surface area contributed by atoms with Crippen LogP contribution < -0.4 is 10.0 Å². The molecule has 0 spiro atoms. The third kappa shape index (κ3) is 4.36. The van der Waals surface area contributed by atoms with E-state index in [1.807, 2.05) is 6.07 Å². The Morgan fingerprint density at radius 2 is 1.88 bits per heavy atom. The van der Waals surface area contributed by atoms with Gasteiger partial charge in [-0.05, 0) is 30.3 Å². The van der Waals surface area contributed by atoms with Crippen molar-refractivity contribution in [2.24, 2.45) is 0 Å². The summed E-state index contributed by atoms with van der Waals surface area (Å²) in [5.74, 6) is -0.229. The number of aromatic nitrogens is 1. The summed E-state index contributed by atoms with van der Waals surface area (Å²) < 4.78 is 27.1. The molecule has 0 aliphatic heterocycles. The third-order valence-corrected chi connectivity index (χ3v) is 5.74. The lowest BCUT2D eigenvalue weighted by Gasteiger charge is -2.05. The lowest BCUT2D eigenvalue weighted by atomic mass is 10.3. The average molecular weight is 394 g/mol. The van der Waals surface area contributed by atoms with Crippen molar-refractivity contribution in [3.8, 4) is 0 Å². The van der Waals surface area contributed by atoms with Gasteiger partial charge in [0.15, 0.2) is 0 Å². The maximum absolute atomic E-state index is 12.4. The Morgan fingerprint density at radius 3 is 2.56 bits per heavy atom. The van der Waals surface area contributed by atoms with Gasteiger partial charge in [0, 0.05) is 17.3 Å². The highest BCUT2D eigenvalue weighted by molar-refractivity contribution is 7.92. The monoisotopic (exact) mass is 393 g/mol. The summed E-state index contributed by atoms with van der Waals surface area (Å²) in [5, 5.41) is 4.51. The number of nitrogens with one attached hydrogen (secondary N) is 2. The van der Waals surface area contributed by atoms with Gasteiger partial charge in [-0.15, -0.1) is 11.3 Å². The summed E-state index contributed by atoms with van der Waals surface area (Å²) in [4.78, 5) is 16.4. The highest BCUT2D eigenvalue weighted by atomic mass is 35.5. The van der Waals surface area contributed by atoms with Crippen molar-refractivity contribution in [2.45, 2.75) is 4.90 Å². The molecule has 3 rings (SSSR count). The lowest BCUT2D eigenvalue weighted by Crippen LogP contribution is -2.13. The van der Waals surface area contributed by atoms with Crippen LogP contribution in [0.5, 0.6) is 0 Å². The molecule has 0 aliphatic carbocycles. The molecule has 2 N–H and O–H groups in total. The topological polar surface area (TPSA) is 88.2 Å². The number of hydrogen-bond donors (Lipinski definition) is 2. The van der Waals surface area contributed by atoms with Crippen LogP contribution in [0.3, 0.4) is 0 Å². The van der Waals surface area contributed by atoms with E-state index in [-0.39, 0.29) is 21.5 Å². The molecule has 0 atom stereocenters. The molecule has 128 valence electrons. The lowest BCUT2D eigenvalue weighted by molar-refractivity contribution is 0.103. The summed E-state index contributed by atoms with van der Waals surface area (Å²) in [6, 6.07) is 13.2. The quantitative estimate of drug-likeness (QED) is 0.689. The Morgan fingerprint density at radius 1 is 1.12 bits per heavy atom. The van der Waals surface area contributed by atoms with E-state index in [9.17, 15) is 13.2 Å². The number of para-hydroxylation sites is 1. The first kappa shape index (κ1) is 17.4. The van der Waals surface area contributed by atoms with E-state index in [0.717, 1.165) is 11.3 Å². The minimum absolute atomic E-state index is 0.00698. The average Bonchev–Trinajstić information content (AvgIpc) is 3.09. The second-order valence-corrected chi connectivity index (χ2v) is 7.96. The van der Waals surface area contributed by atoms with Gasteiger partial charge < -0.3 is 5.32 Å². The summed E-state index contributed by atoms with van der Waals surface area (Å²) in [5.41, 5.74) is 0.633. The number of nitrogens with zero attached hydrogens (tertiary/aromatic N) is 1.